The van der Waals surface area contributed by atoms with Crippen molar-refractivity contribution in [1.29, 1.82) is 0 Å². The van der Waals surface area contributed by atoms with E-state index in [1.165, 1.54) is 51.4 Å². The monoisotopic (exact) mass is 220 g/mol. The molecule has 0 radical (unpaired) electrons. The first kappa shape index (κ1) is 11.9. The molecule has 0 aromatic rings. The van der Waals surface area contributed by atoms with Crippen molar-refractivity contribution in [2.75, 3.05) is 0 Å². The fourth-order valence-electron chi connectivity index (χ4n) is 2.83. The fraction of sp³-hybridized carbons (Fsp3) is 0.714. The van der Waals surface area contributed by atoms with E-state index in [0.29, 0.717) is 6.04 Å². The van der Waals surface area contributed by atoms with E-state index in [1.54, 1.807) is 11.1 Å². The quantitative estimate of drug-likeness (QED) is 0.434. The molecule has 2 nitrogen and oxygen atoms in total. The van der Waals surface area contributed by atoms with Crippen molar-refractivity contribution in [2.45, 2.75) is 63.8 Å². The van der Waals surface area contributed by atoms with E-state index in [0.717, 1.165) is 6.42 Å². The molecule has 2 aliphatic carbocycles. The van der Waals surface area contributed by atoms with Crippen molar-refractivity contribution in [2.24, 2.45) is 5.84 Å². The average molecular weight is 220 g/mol. The topological polar surface area (TPSA) is 38.0 Å². The van der Waals surface area contributed by atoms with Crippen LogP contribution in [0.5, 0.6) is 0 Å². The number of allylic oxidation sites excluding steroid dienone is 2. The van der Waals surface area contributed by atoms with Gasteiger partial charge in [-0.15, -0.1) is 0 Å². The highest BCUT2D eigenvalue weighted by Crippen LogP contribution is 2.27. The molecule has 0 spiro atoms. The van der Waals surface area contributed by atoms with Crippen LogP contribution in [0.2, 0.25) is 0 Å². The summed E-state index contributed by atoms with van der Waals surface area (Å²) < 4.78 is 0. The van der Waals surface area contributed by atoms with Crippen molar-refractivity contribution in [3.63, 3.8) is 0 Å². The minimum absolute atomic E-state index is 0.393. The SMILES string of the molecule is NNC(CC1=CCCCC1)C1=CCCCC1. The molecule has 90 valence electrons. The smallest absolute Gasteiger partial charge is 0.0456 e. The minimum Gasteiger partial charge on any atom is -0.271 e. The van der Waals surface area contributed by atoms with Crippen LogP contribution in [0.3, 0.4) is 0 Å². The van der Waals surface area contributed by atoms with Gasteiger partial charge < -0.3 is 0 Å². The molecule has 0 aromatic heterocycles. The number of hydrazine groups is 1. The first-order chi connectivity index (χ1) is 7.90. The molecule has 2 rings (SSSR count). The zero-order valence-electron chi connectivity index (χ0n) is 10.2. The van der Waals surface area contributed by atoms with Gasteiger partial charge in [0.1, 0.15) is 0 Å². The first-order valence-electron chi connectivity index (χ1n) is 6.73. The van der Waals surface area contributed by atoms with Gasteiger partial charge in [0.25, 0.3) is 0 Å². The van der Waals surface area contributed by atoms with Crippen LogP contribution in [-0.2, 0) is 0 Å². The molecule has 0 amide bonds. The fourth-order valence-corrected chi connectivity index (χ4v) is 2.83. The van der Waals surface area contributed by atoms with Gasteiger partial charge in [0.2, 0.25) is 0 Å². The molecule has 2 aliphatic rings. The highest BCUT2D eigenvalue weighted by Gasteiger charge is 2.17. The maximum atomic E-state index is 5.70. The molecular formula is C14H24N2. The summed E-state index contributed by atoms with van der Waals surface area (Å²) in [7, 11) is 0. The van der Waals surface area contributed by atoms with Crippen molar-refractivity contribution >= 4 is 0 Å². The molecule has 0 bridgehead atoms. The van der Waals surface area contributed by atoms with Crippen LogP contribution in [0.15, 0.2) is 23.3 Å². The van der Waals surface area contributed by atoms with Gasteiger partial charge in [-0.25, -0.2) is 0 Å². The Morgan fingerprint density at radius 2 is 1.81 bits per heavy atom. The summed E-state index contributed by atoms with van der Waals surface area (Å²) in [5, 5.41) is 0. The van der Waals surface area contributed by atoms with E-state index in [1.807, 2.05) is 0 Å². The Kier molecular flexibility index (Phi) is 4.61. The maximum Gasteiger partial charge on any atom is 0.0456 e. The van der Waals surface area contributed by atoms with Crippen LogP contribution in [0.4, 0.5) is 0 Å². The van der Waals surface area contributed by atoms with Gasteiger partial charge in [0.05, 0.1) is 0 Å². The molecule has 0 fully saturated rings. The number of hydrogen-bond acceptors (Lipinski definition) is 2. The molecule has 0 saturated carbocycles. The Balaban J connectivity index is 1.93. The number of hydrogen-bond donors (Lipinski definition) is 2. The summed E-state index contributed by atoms with van der Waals surface area (Å²) in [4.78, 5) is 0. The van der Waals surface area contributed by atoms with Crippen molar-refractivity contribution in [1.82, 2.24) is 5.43 Å². The molecule has 2 heteroatoms. The average Bonchev–Trinajstić information content (AvgIpc) is 2.38. The zero-order valence-corrected chi connectivity index (χ0v) is 10.2. The van der Waals surface area contributed by atoms with E-state index in [9.17, 15) is 0 Å². The summed E-state index contributed by atoms with van der Waals surface area (Å²) >= 11 is 0. The molecule has 1 atom stereocenters. The van der Waals surface area contributed by atoms with Gasteiger partial charge in [-0.3, -0.25) is 11.3 Å². The third-order valence-electron chi connectivity index (χ3n) is 3.83. The van der Waals surface area contributed by atoms with Gasteiger partial charge in [-0.05, 0) is 57.8 Å². The maximum absolute atomic E-state index is 5.70. The van der Waals surface area contributed by atoms with Gasteiger partial charge >= 0.3 is 0 Å². The second-order valence-corrected chi connectivity index (χ2v) is 5.06. The third kappa shape index (κ3) is 3.19. The first-order valence-corrected chi connectivity index (χ1v) is 6.73. The van der Waals surface area contributed by atoms with E-state index in [4.69, 9.17) is 5.84 Å². The second kappa shape index (κ2) is 6.21. The highest BCUT2D eigenvalue weighted by molar-refractivity contribution is 5.18. The van der Waals surface area contributed by atoms with E-state index in [-0.39, 0.29) is 0 Å². The van der Waals surface area contributed by atoms with Crippen LogP contribution in [0.25, 0.3) is 0 Å². The number of nitrogens with two attached hydrogens (primary N) is 1. The molecule has 0 saturated heterocycles. The zero-order chi connectivity index (χ0) is 11.2. The van der Waals surface area contributed by atoms with Crippen LogP contribution >= 0.6 is 0 Å². The van der Waals surface area contributed by atoms with Crippen LogP contribution in [-0.4, -0.2) is 6.04 Å². The lowest BCUT2D eigenvalue weighted by molar-refractivity contribution is 0.526. The molecule has 0 aromatic carbocycles. The largest absolute Gasteiger partial charge is 0.271 e. The van der Waals surface area contributed by atoms with Crippen molar-refractivity contribution < 1.29 is 0 Å². The van der Waals surface area contributed by atoms with Crippen molar-refractivity contribution in [3.8, 4) is 0 Å². The van der Waals surface area contributed by atoms with Gasteiger partial charge in [0.15, 0.2) is 0 Å². The Bertz CT molecular complexity index is 278. The molecule has 1 unspecified atom stereocenters. The summed E-state index contributed by atoms with van der Waals surface area (Å²) in [6, 6.07) is 0.393. The lowest BCUT2D eigenvalue weighted by Gasteiger charge is -2.24. The lowest BCUT2D eigenvalue weighted by atomic mass is 9.87. The predicted octanol–water partition coefficient (Wildman–Crippen LogP) is 3.21. The van der Waals surface area contributed by atoms with Crippen LogP contribution in [0.1, 0.15) is 57.8 Å². The summed E-state index contributed by atoms with van der Waals surface area (Å²) in [5.74, 6) is 5.70. The molecule has 0 heterocycles. The summed E-state index contributed by atoms with van der Waals surface area (Å²) in [5.41, 5.74) is 6.16. The van der Waals surface area contributed by atoms with Gasteiger partial charge in [-0.1, -0.05) is 23.3 Å². The minimum atomic E-state index is 0.393. The predicted molar refractivity (Wildman–Crippen MR) is 68.8 cm³/mol. The third-order valence-corrected chi connectivity index (χ3v) is 3.83. The molecule has 3 N–H and O–H groups in total. The summed E-state index contributed by atoms with van der Waals surface area (Å²) in [6.45, 7) is 0. The molecular weight excluding hydrogens is 196 g/mol. The van der Waals surface area contributed by atoms with E-state index in [2.05, 4.69) is 17.6 Å². The highest BCUT2D eigenvalue weighted by atomic mass is 15.2. The van der Waals surface area contributed by atoms with Crippen molar-refractivity contribution in [3.05, 3.63) is 23.3 Å². The van der Waals surface area contributed by atoms with Gasteiger partial charge in [-0.2, -0.15) is 0 Å². The molecule has 16 heavy (non-hydrogen) atoms. The van der Waals surface area contributed by atoms with E-state index >= 15 is 0 Å². The lowest BCUT2D eigenvalue weighted by Crippen LogP contribution is -2.37. The number of rotatable bonds is 4. The Labute approximate surface area is 99.0 Å². The van der Waals surface area contributed by atoms with E-state index < -0.39 is 0 Å². The Hall–Kier alpha value is -0.600. The van der Waals surface area contributed by atoms with Crippen LogP contribution in [0, 0.1) is 0 Å². The van der Waals surface area contributed by atoms with Gasteiger partial charge in [0, 0.05) is 6.04 Å². The normalized spacial score (nSPS) is 23.6. The van der Waals surface area contributed by atoms with Crippen LogP contribution < -0.4 is 11.3 Å². The Morgan fingerprint density at radius 1 is 1.06 bits per heavy atom. The standard InChI is InChI=1S/C14H24N2/c15-16-14(13-9-5-2-6-10-13)11-12-7-3-1-4-8-12/h7,9,14,16H,1-6,8,10-11,15H2. The number of nitrogens with one attached hydrogen (secondary N) is 1. The molecule has 0 aliphatic heterocycles. The second-order valence-electron chi connectivity index (χ2n) is 5.06. The summed E-state index contributed by atoms with van der Waals surface area (Å²) in [6.07, 6.45) is 16.4. The Morgan fingerprint density at radius 3 is 2.38 bits per heavy atom.